The average molecular weight is 184 g/mol. The molecule has 0 aromatic carbocycles. The smallest absolute Gasteiger partial charge is 0.0145 e. The second kappa shape index (κ2) is 3.25. The minimum absolute atomic E-state index is 0.274. The maximum absolute atomic E-state index is 3.69. The summed E-state index contributed by atoms with van der Waals surface area (Å²) in [6, 6.07) is 0.714. The van der Waals surface area contributed by atoms with Crippen LogP contribution in [0.5, 0.6) is 0 Å². The molecule has 0 aromatic heterocycles. The molecule has 0 amide bonds. The molecule has 0 saturated carbocycles. The van der Waals surface area contributed by atoms with Crippen LogP contribution in [-0.4, -0.2) is 36.1 Å². The molecule has 0 aromatic rings. The molecule has 1 aliphatic heterocycles. The van der Waals surface area contributed by atoms with Crippen LogP contribution in [0.25, 0.3) is 0 Å². The van der Waals surface area contributed by atoms with Gasteiger partial charge in [-0.05, 0) is 54.6 Å². The zero-order chi connectivity index (χ0) is 10.3. The van der Waals surface area contributed by atoms with Crippen LogP contribution in [0.4, 0.5) is 0 Å². The van der Waals surface area contributed by atoms with Crippen LogP contribution in [0.2, 0.25) is 0 Å². The average Bonchev–Trinajstić information content (AvgIpc) is 1.79. The SMILES string of the molecule is CN(C)C1CC(C)(C)NC(C)(C)C1. The molecule has 0 unspecified atom stereocenters. The lowest BCUT2D eigenvalue weighted by atomic mass is 9.79. The van der Waals surface area contributed by atoms with Gasteiger partial charge in [-0.2, -0.15) is 0 Å². The third-order valence-corrected chi connectivity index (χ3v) is 2.90. The molecular formula is C11H24N2. The maximum Gasteiger partial charge on any atom is 0.0145 e. The molecule has 0 atom stereocenters. The van der Waals surface area contributed by atoms with Gasteiger partial charge in [-0.1, -0.05) is 0 Å². The van der Waals surface area contributed by atoms with Gasteiger partial charge >= 0.3 is 0 Å². The first kappa shape index (κ1) is 11.0. The van der Waals surface area contributed by atoms with Crippen molar-refractivity contribution in [1.82, 2.24) is 10.2 Å². The first-order valence-corrected chi connectivity index (χ1v) is 5.18. The summed E-state index contributed by atoms with van der Waals surface area (Å²) in [6.07, 6.45) is 2.48. The van der Waals surface area contributed by atoms with Gasteiger partial charge in [0.1, 0.15) is 0 Å². The monoisotopic (exact) mass is 184 g/mol. The first-order chi connectivity index (χ1) is 5.72. The number of rotatable bonds is 1. The number of hydrogen-bond acceptors (Lipinski definition) is 2. The largest absolute Gasteiger partial charge is 0.307 e. The van der Waals surface area contributed by atoms with Crippen LogP contribution in [0, 0.1) is 0 Å². The molecular weight excluding hydrogens is 160 g/mol. The summed E-state index contributed by atoms with van der Waals surface area (Å²) in [4.78, 5) is 2.35. The van der Waals surface area contributed by atoms with E-state index in [4.69, 9.17) is 0 Å². The number of piperidine rings is 1. The Morgan fingerprint density at radius 2 is 1.38 bits per heavy atom. The number of hydrogen-bond donors (Lipinski definition) is 1. The predicted octanol–water partition coefficient (Wildman–Crippen LogP) is 1.86. The summed E-state index contributed by atoms with van der Waals surface area (Å²) < 4.78 is 0. The molecule has 1 saturated heterocycles. The number of nitrogens with one attached hydrogen (secondary N) is 1. The van der Waals surface area contributed by atoms with Gasteiger partial charge in [-0.25, -0.2) is 0 Å². The van der Waals surface area contributed by atoms with Gasteiger partial charge < -0.3 is 10.2 Å². The Morgan fingerprint density at radius 3 is 1.69 bits per heavy atom. The van der Waals surface area contributed by atoms with Gasteiger partial charge in [0.2, 0.25) is 0 Å². The van der Waals surface area contributed by atoms with E-state index in [9.17, 15) is 0 Å². The van der Waals surface area contributed by atoms with Gasteiger partial charge in [0.25, 0.3) is 0 Å². The highest BCUT2D eigenvalue weighted by atomic mass is 15.1. The van der Waals surface area contributed by atoms with Crippen molar-refractivity contribution < 1.29 is 0 Å². The van der Waals surface area contributed by atoms with Gasteiger partial charge in [-0.3, -0.25) is 0 Å². The molecule has 2 heteroatoms. The van der Waals surface area contributed by atoms with Gasteiger partial charge in [0.05, 0.1) is 0 Å². The summed E-state index contributed by atoms with van der Waals surface area (Å²) in [5.74, 6) is 0. The third-order valence-electron chi connectivity index (χ3n) is 2.90. The highest BCUT2D eigenvalue weighted by Gasteiger charge is 2.38. The molecule has 0 radical (unpaired) electrons. The topological polar surface area (TPSA) is 15.3 Å². The Hall–Kier alpha value is -0.0800. The Bertz CT molecular complexity index is 167. The Labute approximate surface area is 82.7 Å². The van der Waals surface area contributed by atoms with Crippen LogP contribution < -0.4 is 5.32 Å². The maximum atomic E-state index is 3.69. The Balaban J connectivity index is 2.72. The van der Waals surface area contributed by atoms with Crippen LogP contribution in [0.15, 0.2) is 0 Å². The zero-order valence-electron chi connectivity index (χ0n) is 9.94. The molecule has 78 valence electrons. The Morgan fingerprint density at radius 1 is 1.00 bits per heavy atom. The normalized spacial score (nSPS) is 27.9. The van der Waals surface area contributed by atoms with Crippen LogP contribution in [-0.2, 0) is 0 Å². The van der Waals surface area contributed by atoms with Crippen molar-refractivity contribution in [2.75, 3.05) is 14.1 Å². The van der Waals surface area contributed by atoms with E-state index in [0.717, 1.165) is 0 Å². The first-order valence-electron chi connectivity index (χ1n) is 5.18. The fourth-order valence-corrected chi connectivity index (χ4v) is 2.63. The van der Waals surface area contributed by atoms with Crippen molar-refractivity contribution in [2.45, 2.75) is 57.7 Å². The quantitative estimate of drug-likeness (QED) is 0.669. The van der Waals surface area contributed by atoms with Gasteiger partial charge in [0, 0.05) is 17.1 Å². The molecule has 1 rings (SSSR count). The number of nitrogens with zero attached hydrogens (tertiary/aromatic N) is 1. The summed E-state index contributed by atoms with van der Waals surface area (Å²) in [6.45, 7) is 9.18. The molecule has 1 fully saturated rings. The summed E-state index contributed by atoms with van der Waals surface area (Å²) in [7, 11) is 4.37. The molecule has 1 heterocycles. The lowest BCUT2D eigenvalue weighted by Crippen LogP contribution is -2.61. The predicted molar refractivity (Wildman–Crippen MR) is 58.0 cm³/mol. The van der Waals surface area contributed by atoms with Crippen molar-refractivity contribution in [3.05, 3.63) is 0 Å². The van der Waals surface area contributed by atoms with Crippen molar-refractivity contribution >= 4 is 0 Å². The van der Waals surface area contributed by atoms with E-state index in [1.54, 1.807) is 0 Å². The highest BCUT2D eigenvalue weighted by molar-refractivity contribution is 4.99. The van der Waals surface area contributed by atoms with Gasteiger partial charge in [0.15, 0.2) is 0 Å². The zero-order valence-corrected chi connectivity index (χ0v) is 9.94. The molecule has 0 aliphatic carbocycles. The van der Waals surface area contributed by atoms with E-state index in [0.29, 0.717) is 6.04 Å². The van der Waals surface area contributed by atoms with Crippen LogP contribution in [0.3, 0.4) is 0 Å². The van der Waals surface area contributed by atoms with Crippen molar-refractivity contribution in [2.24, 2.45) is 0 Å². The van der Waals surface area contributed by atoms with E-state index in [1.807, 2.05) is 0 Å². The van der Waals surface area contributed by atoms with E-state index in [-0.39, 0.29) is 11.1 Å². The Kier molecular flexibility index (Phi) is 2.75. The molecule has 0 bridgehead atoms. The fraction of sp³-hybridized carbons (Fsp3) is 1.00. The van der Waals surface area contributed by atoms with E-state index >= 15 is 0 Å². The minimum Gasteiger partial charge on any atom is -0.307 e. The van der Waals surface area contributed by atoms with Crippen LogP contribution >= 0.6 is 0 Å². The van der Waals surface area contributed by atoms with E-state index in [1.165, 1.54) is 12.8 Å². The fourth-order valence-electron chi connectivity index (χ4n) is 2.63. The second-order valence-corrected chi connectivity index (χ2v) is 5.92. The van der Waals surface area contributed by atoms with Crippen LogP contribution in [0.1, 0.15) is 40.5 Å². The van der Waals surface area contributed by atoms with Crippen molar-refractivity contribution in [3.8, 4) is 0 Å². The molecule has 2 nitrogen and oxygen atoms in total. The van der Waals surface area contributed by atoms with Gasteiger partial charge in [-0.15, -0.1) is 0 Å². The van der Waals surface area contributed by atoms with Crippen molar-refractivity contribution in [3.63, 3.8) is 0 Å². The summed E-state index contributed by atoms with van der Waals surface area (Å²) >= 11 is 0. The lowest BCUT2D eigenvalue weighted by molar-refractivity contribution is 0.0953. The molecule has 1 aliphatic rings. The van der Waals surface area contributed by atoms with Crippen molar-refractivity contribution in [1.29, 1.82) is 0 Å². The third kappa shape index (κ3) is 2.96. The standard InChI is InChI=1S/C11H24N2/c1-10(2)7-9(13(5)6)8-11(3,4)12-10/h9,12H,7-8H2,1-6H3. The molecule has 13 heavy (non-hydrogen) atoms. The highest BCUT2D eigenvalue weighted by Crippen LogP contribution is 2.30. The van der Waals surface area contributed by atoms with E-state index < -0.39 is 0 Å². The molecule has 1 N–H and O–H groups in total. The molecule has 0 spiro atoms. The minimum atomic E-state index is 0.274. The summed E-state index contributed by atoms with van der Waals surface area (Å²) in [5, 5.41) is 3.69. The second-order valence-electron chi connectivity index (χ2n) is 5.92. The lowest BCUT2D eigenvalue weighted by Gasteiger charge is -2.48. The van der Waals surface area contributed by atoms with E-state index in [2.05, 4.69) is 52.0 Å². The summed E-state index contributed by atoms with van der Waals surface area (Å²) in [5.41, 5.74) is 0.549.